The Morgan fingerprint density at radius 3 is 1.04 bits per heavy atom. The van der Waals surface area contributed by atoms with Gasteiger partial charge in [0.05, 0.1) is 34.2 Å². The lowest BCUT2D eigenvalue weighted by Crippen LogP contribution is -2.00. The van der Waals surface area contributed by atoms with Crippen LogP contribution in [0.2, 0.25) is 0 Å². The topological polar surface area (TPSA) is 3.24 Å². The van der Waals surface area contributed by atoms with Crippen molar-refractivity contribution in [1.29, 1.82) is 0 Å². The molecule has 4 aromatic carbocycles. The molecule has 0 spiro atoms. The van der Waals surface area contributed by atoms with Crippen LogP contribution in [0.15, 0.2) is 109 Å². The Kier molecular flexibility index (Phi) is 5.02. The van der Waals surface area contributed by atoms with Gasteiger partial charge in [0.2, 0.25) is 0 Å². The quantitative estimate of drug-likeness (QED) is 0.231. The fourth-order valence-electron chi connectivity index (χ4n) is 2.98. The van der Waals surface area contributed by atoms with Crippen LogP contribution in [0.5, 0.6) is 0 Å². The maximum atomic E-state index is 2.36. The number of nitrogens with zero attached hydrogens (tertiary/aromatic N) is 1. The molecule has 0 heterocycles. The normalized spacial score (nSPS) is 10.5. The number of anilines is 2. The van der Waals surface area contributed by atoms with Gasteiger partial charge in [0, 0.05) is 0 Å². The number of halogens is 1. The molecule has 0 amide bonds. The average Bonchev–Trinajstić information content (AvgIpc) is 2.75. The average molecular weight is 447 g/mol. The highest BCUT2D eigenvalue weighted by molar-refractivity contribution is 14.1. The standard InChI is InChI=1S/C24H18IN/c25-26(23-15-11-21(12-16-23)19-7-3-1-4-8-19)24-17-13-22(14-18-24)20-9-5-2-6-10-20/h1-18H. The van der Waals surface area contributed by atoms with Crippen LogP contribution in [0.4, 0.5) is 11.4 Å². The summed E-state index contributed by atoms with van der Waals surface area (Å²) in [5.41, 5.74) is 7.28. The van der Waals surface area contributed by atoms with Gasteiger partial charge in [-0.15, -0.1) is 0 Å². The van der Waals surface area contributed by atoms with Gasteiger partial charge in [0.15, 0.2) is 0 Å². The first-order valence-corrected chi connectivity index (χ1v) is 9.55. The maximum Gasteiger partial charge on any atom is 0.0646 e. The summed E-state index contributed by atoms with van der Waals surface area (Å²) in [6.07, 6.45) is 0. The van der Waals surface area contributed by atoms with E-state index in [0.717, 1.165) is 11.4 Å². The Hall–Kier alpha value is -2.59. The molecule has 0 saturated heterocycles. The molecule has 0 atom stereocenters. The van der Waals surface area contributed by atoms with E-state index in [0.29, 0.717) is 0 Å². The van der Waals surface area contributed by atoms with E-state index in [2.05, 4.69) is 123 Å². The number of hydrogen-bond donors (Lipinski definition) is 0. The molecule has 0 aliphatic rings. The predicted molar refractivity (Wildman–Crippen MR) is 120 cm³/mol. The van der Waals surface area contributed by atoms with Gasteiger partial charge in [0.1, 0.15) is 0 Å². The zero-order valence-corrected chi connectivity index (χ0v) is 16.4. The molecule has 0 bridgehead atoms. The van der Waals surface area contributed by atoms with Crippen LogP contribution in [0.1, 0.15) is 0 Å². The molecule has 0 N–H and O–H groups in total. The molecular weight excluding hydrogens is 429 g/mol. The van der Waals surface area contributed by atoms with Crippen molar-refractivity contribution >= 4 is 34.2 Å². The maximum absolute atomic E-state index is 2.36. The van der Waals surface area contributed by atoms with E-state index in [1.807, 2.05) is 12.1 Å². The van der Waals surface area contributed by atoms with Gasteiger partial charge >= 0.3 is 0 Å². The Morgan fingerprint density at radius 1 is 0.385 bits per heavy atom. The van der Waals surface area contributed by atoms with Crippen LogP contribution in [-0.2, 0) is 0 Å². The van der Waals surface area contributed by atoms with Gasteiger partial charge < -0.3 is 0 Å². The lowest BCUT2D eigenvalue weighted by Gasteiger charge is -2.17. The second kappa shape index (κ2) is 7.75. The smallest absolute Gasteiger partial charge is 0.0646 e. The summed E-state index contributed by atoms with van der Waals surface area (Å²) in [5, 5.41) is 0. The molecule has 0 radical (unpaired) electrons. The van der Waals surface area contributed by atoms with E-state index >= 15 is 0 Å². The van der Waals surface area contributed by atoms with E-state index in [1.165, 1.54) is 22.3 Å². The van der Waals surface area contributed by atoms with Crippen LogP contribution >= 0.6 is 22.9 Å². The third-order valence-corrected chi connectivity index (χ3v) is 5.52. The Morgan fingerprint density at radius 2 is 0.692 bits per heavy atom. The minimum atomic E-state index is 1.16. The molecule has 0 aliphatic heterocycles. The lowest BCUT2D eigenvalue weighted by molar-refractivity contribution is 1.47. The van der Waals surface area contributed by atoms with Crippen molar-refractivity contribution in [2.45, 2.75) is 0 Å². The van der Waals surface area contributed by atoms with E-state index in [-0.39, 0.29) is 0 Å². The molecule has 26 heavy (non-hydrogen) atoms. The van der Waals surface area contributed by atoms with E-state index in [1.54, 1.807) is 0 Å². The molecule has 4 rings (SSSR count). The molecule has 2 heteroatoms. The minimum Gasteiger partial charge on any atom is -0.283 e. The summed E-state index contributed by atoms with van der Waals surface area (Å²) in [5.74, 6) is 0. The van der Waals surface area contributed by atoms with Crippen LogP contribution in [-0.4, -0.2) is 0 Å². The van der Waals surface area contributed by atoms with Crippen molar-refractivity contribution in [3.8, 4) is 22.3 Å². The molecule has 1 nitrogen and oxygen atoms in total. The molecular formula is C24H18IN. The monoisotopic (exact) mass is 447 g/mol. The summed E-state index contributed by atoms with van der Waals surface area (Å²) in [4.78, 5) is 0. The third kappa shape index (κ3) is 3.65. The lowest BCUT2D eigenvalue weighted by atomic mass is 10.0. The van der Waals surface area contributed by atoms with Crippen molar-refractivity contribution in [1.82, 2.24) is 0 Å². The van der Waals surface area contributed by atoms with Gasteiger partial charge in [-0.3, -0.25) is 3.11 Å². The second-order valence-electron chi connectivity index (χ2n) is 6.11. The van der Waals surface area contributed by atoms with Gasteiger partial charge in [-0.1, -0.05) is 84.9 Å². The largest absolute Gasteiger partial charge is 0.283 e. The fourth-order valence-corrected chi connectivity index (χ4v) is 3.62. The zero-order chi connectivity index (χ0) is 17.8. The highest BCUT2D eigenvalue weighted by Gasteiger charge is 2.07. The van der Waals surface area contributed by atoms with E-state index < -0.39 is 0 Å². The molecule has 0 saturated carbocycles. The van der Waals surface area contributed by atoms with Crippen molar-refractivity contribution in [3.05, 3.63) is 109 Å². The first-order valence-electron chi connectivity index (χ1n) is 8.58. The van der Waals surface area contributed by atoms with Gasteiger partial charge in [-0.25, -0.2) is 0 Å². The number of benzene rings is 4. The number of rotatable bonds is 4. The van der Waals surface area contributed by atoms with Crippen molar-refractivity contribution in [3.63, 3.8) is 0 Å². The summed E-state index contributed by atoms with van der Waals surface area (Å²) >= 11 is 2.36. The Labute approximate surface area is 168 Å². The Bertz CT molecular complexity index is 879. The van der Waals surface area contributed by atoms with Crippen LogP contribution in [0.3, 0.4) is 0 Å². The van der Waals surface area contributed by atoms with Crippen LogP contribution < -0.4 is 3.11 Å². The first kappa shape index (κ1) is 16.9. The molecule has 126 valence electrons. The number of hydrogen-bond acceptors (Lipinski definition) is 1. The molecule has 4 aromatic rings. The van der Waals surface area contributed by atoms with Gasteiger partial charge in [-0.2, -0.15) is 0 Å². The van der Waals surface area contributed by atoms with Gasteiger partial charge in [-0.05, 0) is 46.5 Å². The zero-order valence-electron chi connectivity index (χ0n) is 14.2. The summed E-state index contributed by atoms with van der Waals surface area (Å²) in [6.45, 7) is 0. The minimum absolute atomic E-state index is 1.16. The molecule has 0 aromatic heterocycles. The molecule has 0 unspecified atom stereocenters. The summed E-state index contributed by atoms with van der Waals surface area (Å²) in [6, 6.07) is 38.3. The first-order chi connectivity index (χ1) is 12.8. The highest BCUT2D eigenvalue weighted by atomic mass is 127. The summed E-state index contributed by atoms with van der Waals surface area (Å²) < 4.78 is 2.18. The second-order valence-corrected chi connectivity index (χ2v) is 7.07. The summed E-state index contributed by atoms with van der Waals surface area (Å²) in [7, 11) is 0. The van der Waals surface area contributed by atoms with Crippen molar-refractivity contribution in [2.24, 2.45) is 0 Å². The molecule has 0 aliphatic carbocycles. The van der Waals surface area contributed by atoms with E-state index in [4.69, 9.17) is 0 Å². The van der Waals surface area contributed by atoms with Gasteiger partial charge in [0.25, 0.3) is 0 Å². The third-order valence-electron chi connectivity index (χ3n) is 4.40. The van der Waals surface area contributed by atoms with Crippen LogP contribution in [0.25, 0.3) is 22.3 Å². The highest BCUT2D eigenvalue weighted by Crippen LogP contribution is 2.32. The predicted octanol–water partition coefficient (Wildman–Crippen LogP) is 7.51. The van der Waals surface area contributed by atoms with Crippen LogP contribution in [0, 0.1) is 0 Å². The van der Waals surface area contributed by atoms with Crippen molar-refractivity contribution < 1.29 is 0 Å². The van der Waals surface area contributed by atoms with Crippen molar-refractivity contribution in [2.75, 3.05) is 3.11 Å². The SMILES string of the molecule is IN(c1ccc(-c2ccccc2)cc1)c1ccc(-c2ccccc2)cc1. The molecule has 0 fully saturated rings. The Balaban J connectivity index is 1.55. The van der Waals surface area contributed by atoms with E-state index in [9.17, 15) is 0 Å². The fraction of sp³-hybridized carbons (Fsp3) is 0.